The molecule has 3 rings (SSSR count). The summed E-state index contributed by atoms with van der Waals surface area (Å²) in [6.07, 6.45) is 2.55. The second-order valence-corrected chi connectivity index (χ2v) is 6.22. The number of aromatic amines is 1. The molecule has 1 aliphatic carbocycles. The van der Waals surface area contributed by atoms with Crippen molar-refractivity contribution in [1.82, 2.24) is 14.9 Å². The fraction of sp³-hybridized carbons (Fsp3) is 0.692. The van der Waals surface area contributed by atoms with Gasteiger partial charge in [-0.1, -0.05) is 0 Å². The fourth-order valence-electron chi connectivity index (χ4n) is 2.94. The maximum Gasteiger partial charge on any atom is 0.410 e. The minimum Gasteiger partial charge on any atom is -0.444 e. The zero-order valence-corrected chi connectivity index (χ0v) is 11.1. The third kappa shape index (κ3) is 1.87. The summed E-state index contributed by atoms with van der Waals surface area (Å²) in [5.74, 6) is 0.895. The molecule has 2 atom stereocenters. The molecule has 5 heteroatoms. The fourth-order valence-corrected chi connectivity index (χ4v) is 2.94. The van der Waals surface area contributed by atoms with Gasteiger partial charge in [0.2, 0.25) is 0 Å². The van der Waals surface area contributed by atoms with Gasteiger partial charge in [0, 0.05) is 24.7 Å². The highest BCUT2D eigenvalue weighted by molar-refractivity contribution is 5.69. The van der Waals surface area contributed by atoms with Crippen LogP contribution in [0.5, 0.6) is 0 Å². The van der Waals surface area contributed by atoms with Crippen molar-refractivity contribution >= 4 is 6.09 Å². The molecule has 2 heterocycles. The first-order valence-corrected chi connectivity index (χ1v) is 6.44. The molecule has 98 valence electrons. The molecule has 1 saturated heterocycles. The number of carbonyl (C=O) groups is 1. The SMILES string of the molecule is CC(C)(C)OC(=O)N1CC2Cc3[nH]cnc3C2C1. The van der Waals surface area contributed by atoms with E-state index >= 15 is 0 Å². The number of hydrogen-bond acceptors (Lipinski definition) is 3. The van der Waals surface area contributed by atoms with Crippen molar-refractivity contribution in [3.05, 3.63) is 17.7 Å². The number of nitrogens with one attached hydrogen (secondary N) is 1. The number of imidazole rings is 1. The number of carbonyl (C=O) groups excluding carboxylic acids is 1. The van der Waals surface area contributed by atoms with E-state index in [2.05, 4.69) is 9.97 Å². The van der Waals surface area contributed by atoms with E-state index in [1.807, 2.05) is 25.7 Å². The Hall–Kier alpha value is -1.52. The molecule has 1 aromatic heterocycles. The van der Waals surface area contributed by atoms with Gasteiger partial charge in [0.1, 0.15) is 5.60 Å². The van der Waals surface area contributed by atoms with Crippen LogP contribution in [0.3, 0.4) is 0 Å². The summed E-state index contributed by atoms with van der Waals surface area (Å²) >= 11 is 0. The minimum atomic E-state index is -0.424. The summed E-state index contributed by atoms with van der Waals surface area (Å²) in [5, 5.41) is 0. The van der Waals surface area contributed by atoms with Crippen molar-refractivity contribution in [1.29, 1.82) is 0 Å². The Labute approximate surface area is 107 Å². The number of rotatable bonds is 0. The molecule has 18 heavy (non-hydrogen) atoms. The Morgan fingerprint density at radius 1 is 1.50 bits per heavy atom. The second kappa shape index (κ2) is 3.73. The van der Waals surface area contributed by atoms with Gasteiger partial charge in [0.25, 0.3) is 0 Å². The van der Waals surface area contributed by atoms with Crippen LogP contribution in [0.4, 0.5) is 4.79 Å². The van der Waals surface area contributed by atoms with Crippen molar-refractivity contribution in [3.8, 4) is 0 Å². The van der Waals surface area contributed by atoms with Gasteiger partial charge in [-0.3, -0.25) is 0 Å². The molecule has 0 aromatic carbocycles. The zero-order valence-electron chi connectivity index (χ0n) is 11.1. The van der Waals surface area contributed by atoms with Crippen LogP contribution in [0, 0.1) is 5.92 Å². The van der Waals surface area contributed by atoms with Gasteiger partial charge >= 0.3 is 6.09 Å². The molecule has 0 radical (unpaired) electrons. The molecule has 0 bridgehead atoms. The van der Waals surface area contributed by atoms with Crippen LogP contribution in [0.25, 0.3) is 0 Å². The maximum absolute atomic E-state index is 12.0. The summed E-state index contributed by atoms with van der Waals surface area (Å²) < 4.78 is 5.42. The third-order valence-corrected chi connectivity index (χ3v) is 3.66. The Balaban J connectivity index is 1.69. The van der Waals surface area contributed by atoms with Gasteiger partial charge in [-0.15, -0.1) is 0 Å². The third-order valence-electron chi connectivity index (χ3n) is 3.66. The molecular weight excluding hydrogens is 230 g/mol. The molecule has 1 fully saturated rings. The summed E-state index contributed by atoms with van der Waals surface area (Å²) in [6.45, 7) is 7.20. The van der Waals surface area contributed by atoms with E-state index in [0.717, 1.165) is 25.2 Å². The first-order valence-electron chi connectivity index (χ1n) is 6.44. The topological polar surface area (TPSA) is 58.2 Å². The molecule has 1 aromatic rings. The number of H-pyrrole nitrogens is 1. The smallest absolute Gasteiger partial charge is 0.410 e. The van der Waals surface area contributed by atoms with Crippen molar-refractivity contribution in [2.45, 2.75) is 38.7 Å². The standard InChI is InChI=1S/C13H19N3O2/c1-13(2,3)18-12(17)16-5-8-4-10-11(9(8)6-16)15-7-14-10/h7-9H,4-6H2,1-3H3,(H,14,15). The number of likely N-dealkylation sites (tertiary alicyclic amines) is 1. The van der Waals surface area contributed by atoms with Crippen LogP contribution in [0.2, 0.25) is 0 Å². The molecule has 1 N–H and O–H groups in total. The molecule has 2 unspecified atom stereocenters. The second-order valence-electron chi connectivity index (χ2n) is 6.22. The van der Waals surface area contributed by atoms with Crippen molar-refractivity contribution in [2.75, 3.05) is 13.1 Å². The highest BCUT2D eigenvalue weighted by Gasteiger charge is 2.44. The quantitative estimate of drug-likeness (QED) is 0.764. The van der Waals surface area contributed by atoms with Gasteiger partial charge in [0.15, 0.2) is 0 Å². The number of hydrogen-bond donors (Lipinski definition) is 1. The molecule has 1 aliphatic heterocycles. The predicted octanol–water partition coefficient (Wildman–Crippen LogP) is 1.92. The Morgan fingerprint density at radius 2 is 2.28 bits per heavy atom. The van der Waals surface area contributed by atoms with Crippen LogP contribution in [-0.4, -0.2) is 39.7 Å². The van der Waals surface area contributed by atoms with E-state index in [9.17, 15) is 4.79 Å². The number of ether oxygens (including phenoxy) is 1. The van der Waals surface area contributed by atoms with Gasteiger partial charge in [-0.25, -0.2) is 9.78 Å². The number of fused-ring (bicyclic) bond motifs is 3. The largest absolute Gasteiger partial charge is 0.444 e. The molecule has 1 amide bonds. The molecule has 5 nitrogen and oxygen atoms in total. The lowest BCUT2D eigenvalue weighted by molar-refractivity contribution is 0.0285. The van der Waals surface area contributed by atoms with E-state index in [-0.39, 0.29) is 6.09 Å². The van der Waals surface area contributed by atoms with E-state index in [1.54, 1.807) is 6.33 Å². The Kier molecular flexibility index (Phi) is 2.40. The van der Waals surface area contributed by atoms with Crippen molar-refractivity contribution in [3.63, 3.8) is 0 Å². The Bertz CT molecular complexity index is 475. The highest BCUT2D eigenvalue weighted by atomic mass is 16.6. The predicted molar refractivity (Wildman–Crippen MR) is 66.3 cm³/mol. The van der Waals surface area contributed by atoms with Gasteiger partial charge < -0.3 is 14.6 Å². The number of aromatic nitrogens is 2. The van der Waals surface area contributed by atoms with Gasteiger partial charge in [-0.05, 0) is 33.1 Å². The highest BCUT2D eigenvalue weighted by Crippen LogP contribution is 2.41. The lowest BCUT2D eigenvalue weighted by atomic mass is 9.99. The lowest BCUT2D eigenvalue weighted by Crippen LogP contribution is -2.35. The summed E-state index contributed by atoms with van der Waals surface area (Å²) in [5.41, 5.74) is 1.96. The number of nitrogens with zero attached hydrogens (tertiary/aromatic N) is 2. The average molecular weight is 249 g/mol. The van der Waals surface area contributed by atoms with E-state index < -0.39 is 5.60 Å². The van der Waals surface area contributed by atoms with Gasteiger partial charge in [0.05, 0.1) is 12.0 Å². The average Bonchev–Trinajstić information content (AvgIpc) is 2.83. The van der Waals surface area contributed by atoms with E-state index in [1.165, 1.54) is 5.69 Å². The first kappa shape index (κ1) is 11.6. The van der Waals surface area contributed by atoms with E-state index in [4.69, 9.17) is 4.74 Å². The van der Waals surface area contributed by atoms with E-state index in [0.29, 0.717) is 11.8 Å². The normalized spacial score (nSPS) is 26.1. The summed E-state index contributed by atoms with van der Waals surface area (Å²) in [4.78, 5) is 21.4. The minimum absolute atomic E-state index is 0.200. The van der Waals surface area contributed by atoms with Crippen molar-refractivity contribution < 1.29 is 9.53 Å². The first-order chi connectivity index (χ1) is 8.44. The summed E-state index contributed by atoms with van der Waals surface area (Å²) in [7, 11) is 0. The zero-order chi connectivity index (χ0) is 12.9. The molecular formula is C13H19N3O2. The summed E-state index contributed by atoms with van der Waals surface area (Å²) in [6, 6.07) is 0. The number of amides is 1. The Morgan fingerprint density at radius 3 is 3.00 bits per heavy atom. The molecule has 2 aliphatic rings. The van der Waals surface area contributed by atoms with Crippen LogP contribution in [-0.2, 0) is 11.2 Å². The van der Waals surface area contributed by atoms with Gasteiger partial charge in [-0.2, -0.15) is 0 Å². The molecule has 0 spiro atoms. The monoisotopic (exact) mass is 249 g/mol. The maximum atomic E-state index is 12.0. The van der Waals surface area contributed by atoms with Crippen LogP contribution < -0.4 is 0 Å². The van der Waals surface area contributed by atoms with Crippen LogP contribution >= 0.6 is 0 Å². The van der Waals surface area contributed by atoms with Crippen molar-refractivity contribution in [2.24, 2.45) is 5.92 Å². The van der Waals surface area contributed by atoms with Crippen LogP contribution in [0.15, 0.2) is 6.33 Å². The van der Waals surface area contributed by atoms with Crippen LogP contribution in [0.1, 0.15) is 38.1 Å². The lowest BCUT2D eigenvalue weighted by Gasteiger charge is -2.24. The molecule has 0 saturated carbocycles.